The maximum absolute atomic E-state index is 10.8. The summed E-state index contributed by atoms with van der Waals surface area (Å²) in [7, 11) is 0. The topological polar surface area (TPSA) is 96.5 Å². The van der Waals surface area contributed by atoms with Gasteiger partial charge >= 0.3 is 5.97 Å². The number of phenolic OH excluding ortho intramolecular Hbond substituents is 1. The van der Waals surface area contributed by atoms with E-state index in [0.717, 1.165) is 0 Å². The summed E-state index contributed by atoms with van der Waals surface area (Å²) < 4.78 is 4.90. The summed E-state index contributed by atoms with van der Waals surface area (Å²) in [4.78, 5) is 14.8. The fraction of sp³-hybridized carbons (Fsp3) is 0.182. The van der Waals surface area contributed by atoms with Crippen LogP contribution in [0.1, 0.15) is 23.2 Å². The molecular weight excluding hydrogens is 224 g/mol. The van der Waals surface area contributed by atoms with Crippen LogP contribution in [0.25, 0.3) is 11.4 Å². The summed E-state index contributed by atoms with van der Waals surface area (Å²) in [5, 5.41) is 22.2. The molecule has 1 aromatic carbocycles. The van der Waals surface area contributed by atoms with E-state index in [4.69, 9.17) is 9.63 Å². The Labute approximate surface area is 96.5 Å². The van der Waals surface area contributed by atoms with Gasteiger partial charge in [-0.25, -0.2) is 4.79 Å². The van der Waals surface area contributed by atoms with Crippen LogP contribution in [0.15, 0.2) is 22.7 Å². The lowest BCUT2D eigenvalue weighted by Crippen LogP contribution is -1.96. The smallest absolute Gasteiger partial charge is 0.335 e. The highest BCUT2D eigenvalue weighted by atomic mass is 16.5. The van der Waals surface area contributed by atoms with E-state index in [1.54, 1.807) is 0 Å². The number of carbonyl (C=O) groups is 1. The van der Waals surface area contributed by atoms with Gasteiger partial charge in [0.15, 0.2) is 0 Å². The molecule has 0 radical (unpaired) electrons. The summed E-state index contributed by atoms with van der Waals surface area (Å²) in [5.74, 6) is -0.550. The van der Waals surface area contributed by atoms with Gasteiger partial charge in [0.25, 0.3) is 0 Å². The van der Waals surface area contributed by atoms with E-state index < -0.39 is 5.97 Å². The molecule has 0 bridgehead atoms. The Morgan fingerprint density at radius 3 is 2.82 bits per heavy atom. The second-order valence-electron chi connectivity index (χ2n) is 3.40. The van der Waals surface area contributed by atoms with Gasteiger partial charge in [-0.05, 0) is 18.2 Å². The Hall–Kier alpha value is -2.37. The van der Waals surface area contributed by atoms with Crippen molar-refractivity contribution in [3.63, 3.8) is 0 Å². The largest absolute Gasteiger partial charge is 0.507 e. The SMILES string of the molecule is CCc1nc(-c2cc(C(=O)O)ccc2O)no1. The lowest BCUT2D eigenvalue weighted by Gasteiger charge is -2.00. The van der Waals surface area contributed by atoms with Crippen molar-refractivity contribution in [2.45, 2.75) is 13.3 Å². The van der Waals surface area contributed by atoms with Crippen LogP contribution in [0, 0.1) is 0 Å². The van der Waals surface area contributed by atoms with Crippen molar-refractivity contribution in [1.82, 2.24) is 10.1 Å². The first kappa shape index (κ1) is 11.1. The summed E-state index contributed by atoms with van der Waals surface area (Å²) in [5.41, 5.74) is 0.300. The molecule has 0 fully saturated rings. The highest BCUT2D eigenvalue weighted by Crippen LogP contribution is 2.27. The molecule has 0 unspecified atom stereocenters. The third-order valence-corrected chi connectivity index (χ3v) is 2.25. The monoisotopic (exact) mass is 234 g/mol. The highest BCUT2D eigenvalue weighted by molar-refractivity contribution is 5.89. The Balaban J connectivity index is 2.49. The van der Waals surface area contributed by atoms with E-state index in [1.165, 1.54) is 18.2 Å². The number of aromatic hydroxyl groups is 1. The van der Waals surface area contributed by atoms with E-state index in [-0.39, 0.29) is 22.7 Å². The minimum atomic E-state index is -1.08. The molecule has 2 rings (SSSR count). The molecule has 0 atom stereocenters. The van der Waals surface area contributed by atoms with Crippen molar-refractivity contribution in [2.75, 3.05) is 0 Å². The van der Waals surface area contributed by atoms with Crippen LogP contribution in [0.2, 0.25) is 0 Å². The van der Waals surface area contributed by atoms with Crippen LogP contribution in [0.4, 0.5) is 0 Å². The molecule has 6 heteroatoms. The maximum Gasteiger partial charge on any atom is 0.335 e. The number of nitrogens with zero attached hydrogens (tertiary/aromatic N) is 2. The maximum atomic E-state index is 10.8. The van der Waals surface area contributed by atoms with E-state index in [9.17, 15) is 9.90 Å². The van der Waals surface area contributed by atoms with Crippen molar-refractivity contribution < 1.29 is 19.5 Å². The third kappa shape index (κ3) is 2.10. The first-order valence-electron chi connectivity index (χ1n) is 5.01. The number of rotatable bonds is 3. The van der Waals surface area contributed by atoms with Gasteiger partial charge in [0.1, 0.15) is 5.75 Å². The third-order valence-electron chi connectivity index (χ3n) is 2.25. The second-order valence-corrected chi connectivity index (χ2v) is 3.40. The minimum Gasteiger partial charge on any atom is -0.507 e. The Morgan fingerprint density at radius 1 is 1.47 bits per heavy atom. The average molecular weight is 234 g/mol. The van der Waals surface area contributed by atoms with E-state index >= 15 is 0 Å². The molecular formula is C11H10N2O4. The summed E-state index contributed by atoms with van der Waals surface area (Å²) >= 11 is 0. The molecule has 0 aliphatic heterocycles. The molecule has 0 amide bonds. The Morgan fingerprint density at radius 2 is 2.24 bits per heavy atom. The fourth-order valence-corrected chi connectivity index (χ4v) is 1.36. The molecule has 0 spiro atoms. The molecule has 2 aromatic rings. The van der Waals surface area contributed by atoms with Crippen molar-refractivity contribution in [3.05, 3.63) is 29.7 Å². The lowest BCUT2D eigenvalue weighted by atomic mass is 10.1. The summed E-state index contributed by atoms with van der Waals surface area (Å²) in [6.07, 6.45) is 0.576. The van der Waals surface area contributed by atoms with Gasteiger partial charge in [-0.3, -0.25) is 0 Å². The molecule has 1 aromatic heterocycles. The molecule has 88 valence electrons. The average Bonchev–Trinajstić information content (AvgIpc) is 2.77. The van der Waals surface area contributed by atoms with Gasteiger partial charge in [-0.15, -0.1) is 0 Å². The normalized spacial score (nSPS) is 10.4. The quantitative estimate of drug-likeness (QED) is 0.839. The first-order valence-corrected chi connectivity index (χ1v) is 5.01. The van der Waals surface area contributed by atoms with Gasteiger partial charge in [0.05, 0.1) is 11.1 Å². The van der Waals surface area contributed by atoms with Gasteiger partial charge in [0.2, 0.25) is 11.7 Å². The van der Waals surface area contributed by atoms with Crippen LogP contribution in [0.5, 0.6) is 5.75 Å². The zero-order valence-electron chi connectivity index (χ0n) is 9.04. The van der Waals surface area contributed by atoms with Crippen molar-refractivity contribution in [2.24, 2.45) is 0 Å². The highest BCUT2D eigenvalue weighted by Gasteiger charge is 2.14. The molecule has 0 aliphatic rings. The predicted molar refractivity (Wildman–Crippen MR) is 57.7 cm³/mol. The molecule has 0 saturated heterocycles. The van der Waals surface area contributed by atoms with Gasteiger partial charge in [0, 0.05) is 6.42 Å². The van der Waals surface area contributed by atoms with Gasteiger partial charge in [-0.1, -0.05) is 12.1 Å². The van der Waals surface area contributed by atoms with Crippen molar-refractivity contribution >= 4 is 5.97 Å². The van der Waals surface area contributed by atoms with Crippen LogP contribution in [0.3, 0.4) is 0 Å². The zero-order valence-corrected chi connectivity index (χ0v) is 9.04. The standard InChI is InChI=1S/C11H10N2O4/c1-2-9-12-10(13-17-9)7-5-6(11(15)16)3-4-8(7)14/h3-5,14H,2H2,1H3,(H,15,16). The second kappa shape index (κ2) is 4.25. The number of carboxylic acid groups (broad SMARTS) is 1. The first-order chi connectivity index (χ1) is 8.11. The molecule has 2 N–H and O–H groups in total. The minimum absolute atomic E-state index is 0.0562. The van der Waals surface area contributed by atoms with Gasteiger partial charge < -0.3 is 14.7 Å². The predicted octanol–water partition coefficient (Wildman–Crippen LogP) is 1.70. The summed E-state index contributed by atoms with van der Waals surface area (Å²) in [6, 6.07) is 3.91. The van der Waals surface area contributed by atoms with Gasteiger partial charge in [-0.2, -0.15) is 4.98 Å². The molecule has 0 saturated carbocycles. The number of hydrogen-bond acceptors (Lipinski definition) is 5. The zero-order chi connectivity index (χ0) is 12.4. The number of benzene rings is 1. The van der Waals surface area contributed by atoms with Crippen LogP contribution >= 0.6 is 0 Å². The van der Waals surface area contributed by atoms with Crippen molar-refractivity contribution in [1.29, 1.82) is 0 Å². The summed E-state index contributed by atoms with van der Waals surface area (Å²) in [6.45, 7) is 1.85. The lowest BCUT2D eigenvalue weighted by molar-refractivity contribution is 0.0697. The van der Waals surface area contributed by atoms with E-state index in [2.05, 4.69) is 10.1 Å². The number of aromatic carboxylic acids is 1. The Kier molecular flexibility index (Phi) is 2.78. The Bertz CT molecular complexity index is 562. The number of phenols is 1. The molecule has 0 aliphatic carbocycles. The number of hydrogen-bond donors (Lipinski definition) is 2. The number of aryl methyl sites for hydroxylation is 1. The fourth-order valence-electron chi connectivity index (χ4n) is 1.36. The molecule has 17 heavy (non-hydrogen) atoms. The van der Waals surface area contributed by atoms with Crippen LogP contribution < -0.4 is 0 Å². The number of aromatic nitrogens is 2. The van der Waals surface area contributed by atoms with E-state index in [0.29, 0.717) is 12.3 Å². The van der Waals surface area contributed by atoms with Crippen LogP contribution in [-0.4, -0.2) is 26.3 Å². The number of carboxylic acids is 1. The molecule has 1 heterocycles. The molecule has 6 nitrogen and oxygen atoms in total. The van der Waals surface area contributed by atoms with Crippen molar-refractivity contribution in [3.8, 4) is 17.1 Å². The van der Waals surface area contributed by atoms with Crippen LogP contribution in [-0.2, 0) is 6.42 Å². The van der Waals surface area contributed by atoms with E-state index in [1.807, 2.05) is 6.92 Å².